The zero-order valence-electron chi connectivity index (χ0n) is 17.3. The Kier molecular flexibility index (Phi) is 8.37. The molecule has 4 rings (SSSR count). The molecule has 0 N–H and O–H groups in total. The van der Waals surface area contributed by atoms with E-state index in [0.29, 0.717) is 0 Å². The summed E-state index contributed by atoms with van der Waals surface area (Å²) in [6, 6.07) is 4.18. The van der Waals surface area contributed by atoms with Crippen LogP contribution in [-0.4, -0.2) is 28.7 Å². The lowest BCUT2D eigenvalue weighted by atomic mass is 9.76. The molecule has 4 aliphatic rings. The van der Waals surface area contributed by atoms with E-state index >= 15 is 0 Å². The third kappa shape index (κ3) is 4.22. The smallest absolute Gasteiger partial charge is 0.0896 e. The maximum Gasteiger partial charge on any atom is 0.0896 e. The molecule has 0 radical (unpaired) electrons. The maximum atomic E-state index is 1.67. The summed E-state index contributed by atoms with van der Waals surface area (Å²) in [5.74, 6) is 0. The molecule has 0 aliphatic heterocycles. The van der Waals surface area contributed by atoms with Crippen LogP contribution >= 0.6 is 0 Å². The third-order valence-electron chi connectivity index (χ3n) is 8.83. The molecule has 4 fully saturated rings. The van der Waals surface area contributed by atoms with E-state index in [9.17, 15) is 0 Å². The van der Waals surface area contributed by atoms with E-state index in [1.54, 1.807) is 55.8 Å². The number of quaternary nitrogens is 1. The summed E-state index contributed by atoms with van der Waals surface area (Å²) in [7, 11) is 0. The van der Waals surface area contributed by atoms with E-state index in [0.717, 1.165) is 24.2 Å². The molecule has 0 unspecified atom stereocenters. The number of nitrogens with zero attached hydrogens (tertiary/aromatic N) is 1. The predicted molar refractivity (Wildman–Crippen MR) is 108 cm³/mol. The Morgan fingerprint density at radius 1 is 0.308 bits per heavy atom. The topological polar surface area (TPSA) is 0 Å². The van der Waals surface area contributed by atoms with Crippen molar-refractivity contribution in [2.45, 2.75) is 153 Å². The van der Waals surface area contributed by atoms with Crippen LogP contribution in [0.3, 0.4) is 0 Å². The fraction of sp³-hybridized carbons (Fsp3) is 1.00. The second-order valence-corrected chi connectivity index (χ2v) is 10.1. The van der Waals surface area contributed by atoms with Crippen molar-refractivity contribution in [2.24, 2.45) is 0 Å². The summed E-state index contributed by atoms with van der Waals surface area (Å²) in [6.07, 6.45) is 31.0. The van der Waals surface area contributed by atoms with Gasteiger partial charge in [0.25, 0.3) is 0 Å². The van der Waals surface area contributed by atoms with Crippen LogP contribution in [0.1, 0.15) is 128 Å². The van der Waals surface area contributed by atoms with Crippen molar-refractivity contribution in [1.29, 1.82) is 0 Å². The normalized spacial score (nSPS) is 28.6. The van der Waals surface area contributed by atoms with Gasteiger partial charge in [-0.1, -0.05) is 25.7 Å². The van der Waals surface area contributed by atoms with Gasteiger partial charge in [0.05, 0.1) is 24.2 Å². The standard InChI is InChI=1S/C24H44N.BrH/c1-5-13-21(14-6-1)25(22-15-7-2-8-16-22,23-17-9-3-10-18-23)24-19-11-4-12-20-24;/h21-24H,1-20H2;1H/q+1;/p-1. The molecule has 0 spiro atoms. The Balaban J connectivity index is 0.00000196. The van der Waals surface area contributed by atoms with Crippen molar-refractivity contribution in [3.8, 4) is 0 Å². The van der Waals surface area contributed by atoms with Gasteiger partial charge < -0.3 is 21.5 Å². The zero-order valence-corrected chi connectivity index (χ0v) is 18.9. The lowest BCUT2D eigenvalue weighted by Gasteiger charge is -2.62. The van der Waals surface area contributed by atoms with Gasteiger partial charge in [0.2, 0.25) is 0 Å². The van der Waals surface area contributed by atoms with Gasteiger partial charge >= 0.3 is 0 Å². The van der Waals surface area contributed by atoms with Gasteiger partial charge in [-0.2, -0.15) is 0 Å². The van der Waals surface area contributed by atoms with Gasteiger partial charge in [0.15, 0.2) is 0 Å². The minimum absolute atomic E-state index is 0. The highest BCUT2D eigenvalue weighted by Crippen LogP contribution is 2.47. The second-order valence-electron chi connectivity index (χ2n) is 10.1. The summed E-state index contributed by atoms with van der Waals surface area (Å²) in [5.41, 5.74) is 0. The monoisotopic (exact) mass is 425 g/mol. The van der Waals surface area contributed by atoms with Crippen molar-refractivity contribution in [1.82, 2.24) is 0 Å². The summed E-state index contributed by atoms with van der Waals surface area (Å²) in [6.45, 7) is 0. The van der Waals surface area contributed by atoms with Crippen LogP contribution < -0.4 is 17.0 Å². The first-order chi connectivity index (χ1) is 12.4. The molecule has 1 nitrogen and oxygen atoms in total. The first-order valence-electron chi connectivity index (χ1n) is 12.3. The summed E-state index contributed by atoms with van der Waals surface area (Å²) in [4.78, 5) is 0. The molecule has 4 aliphatic carbocycles. The van der Waals surface area contributed by atoms with E-state index in [4.69, 9.17) is 0 Å². The molecule has 0 aromatic carbocycles. The highest BCUT2D eigenvalue weighted by molar-refractivity contribution is 4.85. The molecule has 0 atom stereocenters. The summed E-state index contributed by atoms with van der Waals surface area (Å²) in [5, 5.41) is 0. The molecule has 0 saturated heterocycles. The SMILES string of the molecule is C1CCC([N+](C2CCCCC2)(C2CCCCC2)C2CCCCC2)CC1.[Br-]. The van der Waals surface area contributed by atoms with Crippen molar-refractivity contribution in [3.05, 3.63) is 0 Å². The first kappa shape index (κ1) is 21.2. The molecule has 0 amide bonds. The van der Waals surface area contributed by atoms with Crippen LogP contribution in [-0.2, 0) is 0 Å². The molecule has 152 valence electrons. The average Bonchev–Trinajstić information content (AvgIpc) is 2.72. The fourth-order valence-electron chi connectivity index (χ4n) is 7.90. The van der Waals surface area contributed by atoms with Crippen LogP contribution in [0.25, 0.3) is 0 Å². The largest absolute Gasteiger partial charge is 1.00 e. The van der Waals surface area contributed by atoms with E-state index < -0.39 is 0 Å². The second kappa shape index (κ2) is 10.3. The lowest BCUT2D eigenvalue weighted by Crippen LogP contribution is -3.00. The van der Waals surface area contributed by atoms with Gasteiger partial charge in [-0.15, -0.1) is 0 Å². The van der Waals surface area contributed by atoms with Crippen molar-refractivity contribution < 1.29 is 21.5 Å². The molecule has 0 aromatic rings. The van der Waals surface area contributed by atoms with Gasteiger partial charge in [0.1, 0.15) is 0 Å². The van der Waals surface area contributed by atoms with Crippen molar-refractivity contribution >= 4 is 0 Å². The van der Waals surface area contributed by atoms with E-state index in [1.165, 1.54) is 77.0 Å². The number of hydrogen-bond donors (Lipinski definition) is 0. The number of hydrogen-bond acceptors (Lipinski definition) is 0. The van der Waals surface area contributed by atoms with E-state index in [2.05, 4.69) is 0 Å². The van der Waals surface area contributed by atoms with E-state index in [-0.39, 0.29) is 17.0 Å². The first-order valence-corrected chi connectivity index (χ1v) is 12.3. The minimum Gasteiger partial charge on any atom is -1.00 e. The molecule has 4 saturated carbocycles. The third-order valence-corrected chi connectivity index (χ3v) is 8.83. The minimum atomic E-state index is 0. The lowest BCUT2D eigenvalue weighted by molar-refractivity contribution is -1.02. The van der Waals surface area contributed by atoms with Crippen LogP contribution in [0.4, 0.5) is 0 Å². The van der Waals surface area contributed by atoms with Crippen molar-refractivity contribution in [2.75, 3.05) is 0 Å². The van der Waals surface area contributed by atoms with Crippen LogP contribution in [0.15, 0.2) is 0 Å². The molecule has 2 heteroatoms. The molecule has 0 bridgehead atoms. The number of rotatable bonds is 4. The quantitative estimate of drug-likeness (QED) is 0.593. The highest BCUT2D eigenvalue weighted by atomic mass is 79.9. The van der Waals surface area contributed by atoms with E-state index in [1.807, 2.05) is 0 Å². The van der Waals surface area contributed by atoms with Gasteiger partial charge in [-0.05, 0) is 103 Å². The Morgan fingerprint density at radius 2 is 0.500 bits per heavy atom. The zero-order chi connectivity index (χ0) is 17.0. The Hall–Kier alpha value is 0.440. The average molecular weight is 427 g/mol. The molecule has 0 aromatic heterocycles. The Bertz CT molecular complexity index is 308. The summed E-state index contributed by atoms with van der Waals surface area (Å²) >= 11 is 0. The van der Waals surface area contributed by atoms with Gasteiger partial charge in [-0.3, -0.25) is 0 Å². The number of halogens is 1. The molecular formula is C24H44BrN. The van der Waals surface area contributed by atoms with Gasteiger partial charge in [0, 0.05) is 0 Å². The predicted octanol–water partition coefficient (Wildman–Crippen LogP) is 4.14. The van der Waals surface area contributed by atoms with Gasteiger partial charge in [-0.25, -0.2) is 0 Å². The van der Waals surface area contributed by atoms with Crippen molar-refractivity contribution in [3.63, 3.8) is 0 Å². The fourth-order valence-corrected chi connectivity index (χ4v) is 7.90. The Morgan fingerprint density at radius 3 is 0.692 bits per heavy atom. The summed E-state index contributed by atoms with van der Waals surface area (Å²) < 4.78 is 1.67. The van der Waals surface area contributed by atoms with Crippen LogP contribution in [0.5, 0.6) is 0 Å². The molecular weight excluding hydrogens is 382 g/mol. The Labute approximate surface area is 174 Å². The molecule has 0 heterocycles. The highest BCUT2D eigenvalue weighted by Gasteiger charge is 2.53. The van der Waals surface area contributed by atoms with Crippen LogP contribution in [0, 0.1) is 0 Å². The maximum absolute atomic E-state index is 1.67. The molecule has 26 heavy (non-hydrogen) atoms. The van der Waals surface area contributed by atoms with Crippen LogP contribution in [0.2, 0.25) is 0 Å².